The van der Waals surface area contributed by atoms with Gasteiger partial charge in [-0.15, -0.1) is 0 Å². The van der Waals surface area contributed by atoms with Crippen LogP contribution in [0.2, 0.25) is 5.02 Å². The van der Waals surface area contributed by atoms with Crippen LogP contribution in [0.3, 0.4) is 0 Å². The van der Waals surface area contributed by atoms with Crippen molar-refractivity contribution in [3.05, 3.63) is 75.8 Å². The monoisotopic (exact) mass is 410 g/mol. The summed E-state index contributed by atoms with van der Waals surface area (Å²) in [5, 5.41) is 13.7. The summed E-state index contributed by atoms with van der Waals surface area (Å²) in [6.07, 6.45) is 1.66. The highest BCUT2D eigenvalue weighted by molar-refractivity contribution is 8.18. The number of halogens is 1. The van der Waals surface area contributed by atoms with Gasteiger partial charge < -0.3 is 14.8 Å². The predicted molar refractivity (Wildman–Crippen MR) is 113 cm³/mol. The fourth-order valence-corrected chi connectivity index (χ4v) is 3.67. The van der Waals surface area contributed by atoms with Crippen molar-refractivity contribution < 1.29 is 14.3 Å². The van der Waals surface area contributed by atoms with Crippen LogP contribution in [-0.2, 0) is 4.79 Å². The van der Waals surface area contributed by atoms with Gasteiger partial charge in [0.25, 0.3) is 5.91 Å². The van der Waals surface area contributed by atoms with E-state index in [4.69, 9.17) is 16.0 Å². The second-order valence-corrected chi connectivity index (χ2v) is 7.65. The third-order valence-corrected chi connectivity index (χ3v) is 5.16. The number of rotatable bonds is 3. The summed E-state index contributed by atoms with van der Waals surface area (Å²) < 4.78 is 5.82. The van der Waals surface area contributed by atoms with Crippen molar-refractivity contribution in [1.82, 2.24) is 5.32 Å². The second kappa shape index (κ2) is 7.58. The maximum Gasteiger partial charge on any atom is 0.264 e. The number of amides is 1. The van der Waals surface area contributed by atoms with Gasteiger partial charge >= 0.3 is 0 Å². The average Bonchev–Trinajstić information content (AvgIpc) is 3.25. The van der Waals surface area contributed by atoms with E-state index in [2.05, 4.69) is 10.3 Å². The first-order chi connectivity index (χ1) is 13.5. The summed E-state index contributed by atoms with van der Waals surface area (Å²) in [5.74, 6) is 1.00. The first-order valence-corrected chi connectivity index (χ1v) is 9.62. The highest BCUT2D eigenvalue weighted by Gasteiger charge is 2.24. The maximum atomic E-state index is 12.2. The number of carbonyl (C=O) groups excluding carboxylic acids is 1. The van der Waals surface area contributed by atoms with Crippen molar-refractivity contribution >= 4 is 46.2 Å². The number of hydrogen-bond donors (Lipinski definition) is 2. The second-order valence-electron chi connectivity index (χ2n) is 6.19. The minimum absolute atomic E-state index is 0.0579. The lowest BCUT2D eigenvalue weighted by molar-refractivity contribution is -0.115. The molecule has 0 saturated carbocycles. The molecule has 4 rings (SSSR count). The molecule has 1 aliphatic rings. The Balaban J connectivity index is 1.57. The van der Waals surface area contributed by atoms with Crippen LogP contribution in [-0.4, -0.2) is 16.2 Å². The van der Waals surface area contributed by atoms with E-state index in [0.717, 1.165) is 11.1 Å². The van der Waals surface area contributed by atoms with Gasteiger partial charge in [-0.05, 0) is 60.6 Å². The van der Waals surface area contributed by atoms with E-state index in [-0.39, 0.29) is 11.7 Å². The van der Waals surface area contributed by atoms with Crippen molar-refractivity contribution in [2.24, 2.45) is 4.99 Å². The lowest BCUT2D eigenvalue weighted by Gasteiger charge is -2.01. The first kappa shape index (κ1) is 18.4. The minimum Gasteiger partial charge on any atom is -0.506 e. The van der Waals surface area contributed by atoms with Gasteiger partial charge in [-0.1, -0.05) is 29.8 Å². The lowest BCUT2D eigenvalue weighted by atomic mass is 10.2. The number of nitrogens with one attached hydrogen (secondary N) is 1. The lowest BCUT2D eigenvalue weighted by Crippen LogP contribution is -2.19. The Morgan fingerprint density at radius 2 is 2.04 bits per heavy atom. The van der Waals surface area contributed by atoms with Gasteiger partial charge in [0, 0.05) is 16.7 Å². The molecule has 140 valence electrons. The molecule has 1 amide bonds. The molecule has 28 heavy (non-hydrogen) atoms. The zero-order valence-corrected chi connectivity index (χ0v) is 16.3. The van der Waals surface area contributed by atoms with Crippen molar-refractivity contribution in [2.45, 2.75) is 6.92 Å². The molecule has 0 aliphatic carbocycles. The number of nitrogens with zero attached hydrogens (tertiary/aromatic N) is 1. The molecule has 0 radical (unpaired) electrons. The van der Waals surface area contributed by atoms with Gasteiger partial charge in [-0.3, -0.25) is 4.79 Å². The Morgan fingerprint density at radius 1 is 1.18 bits per heavy atom. The zero-order chi connectivity index (χ0) is 19.7. The number of phenolic OH excluding ortho intramolecular Hbond substituents is 1. The van der Waals surface area contributed by atoms with Gasteiger partial charge in [0.2, 0.25) is 0 Å². The smallest absolute Gasteiger partial charge is 0.264 e. The Labute approximate surface area is 170 Å². The summed E-state index contributed by atoms with van der Waals surface area (Å²) >= 11 is 7.21. The number of aliphatic imine (C=N–C) groups is 1. The molecule has 5 nitrogen and oxygen atoms in total. The molecule has 2 aromatic carbocycles. The van der Waals surface area contributed by atoms with Crippen LogP contribution in [0.15, 0.2) is 68.9 Å². The van der Waals surface area contributed by atoms with Crippen molar-refractivity contribution in [1.29, 1.82) is 0 Å². The largest absolute Gasteiger partial charge is 0.506 e. The Kier molecular flexibility index (Phi) is 4.98. The standard InChI is InChI=1S/C21H15ClN2O3S/c1-12-5-7-17(25)16(9-12)23-21-24-20(26)19(28-21)11-15-6-8-18(27-15)13-3-2-4-14(22)10-13/h2-11,25H,1H3,(H,23,24,26)/b19-11+. The third-order valence-electron chi connectivity index (χ3n) is 4.01. The van der Waals surface area contributed by atoms with Crippen LogP contribution in [0.25, 0.3) is 17.4 Å². The molecule has 7 heteroatoms. The molecule has 0 bridgehead atoms. The van der Waals surface area contributed by atoms with E-state index in [1.807, 2.05) is 31.2 Å². The Hall–Kier alpha value is -2.96. The maximum absolute atomic E-state index is 12.2. The Bertz CT molecular complexity index is 1130. The van der Waals surface area contributed by atoms with E-state index < -0.39 is 0 Å². The fraction of sp³-hybridized carbons (Fsp3) is 0.0476. The summed E-state index contributed by atoms with van der Waals surface area (Å²) in [4.78, 5) is 17.0. The average molecular weight is 411 g/mol. The predicted octanol–water partition coefficient (Wildman–Crippen LogP) is 5.51. The minimum atomic E-state index is -0.267. The molecule has 1 aliphatic heterocycles. The molecule has 0 atom stereocenters. The molecule has 0 unspecified atom stereocenters. The molecular formula is C21H15ClN2O3S. The van der Waals surface area contributed by atoms with E-state index in [0.29, 0.717) is 32.3 Å². The van der Waals surface area contributed by atoms with Crippen LogP contribution in [0.1, 0.15) is 11.3 Å². The topological polar surface area (TPSA) is 74.8 Å². The van der Waals surface area contributed by atoms with Crippen molar-refractivity contribution in [2.75, 3.05) is 0 Å². The number of amidine groups is 1. The van der Waals surface area contributed by atoms with Gasteiger partial charge in [0.05, 0.1) is 4.91 Å². The molecule has 1 fully saturated rings. The highest BCUT2D eigenvalue weighted by atomic mass is 35.5. The summed E-state index contributed by atoms with van der Waals surface area (Å²) in [7, 11) is 0. The molecule has 3 aromatic rings. The van der Waals surface area contributed by atoms with E-state index in [1.54, 1.807) is 36.4 Å². The quantitative estimate of drug-likeness (QED) is 0.558. The molecule has 2 N–H and O–H groups in total. The number of aromatic hydroxyl groups is 1. The summed E-state index contributed by atoms with van der Waals surface area (Å²) in [5.41, 5.74) is 2.23. The van der Waals surface area contributed by atoms with Gasteiger partial charge in [0.1, 0.15) is 23.0 Å². The van der Waals surface area contributed by atoms with Crippen LogP contribution < -0.4 is 5.32 Å². The molecule has 2 heterocycles. The Morgan fingerprint density at radius 3 is 2.86 bits per heavy atom. The number of carbonyl (C=O) groups is 1. The van der Waals surface area contributed by atoms with Gasteiger partial charge in [0.15, 0.2) is 5.17 Å². The number of furan rings is 1. The molecular weight excluding hydrogens is 396 g/mol. The first-order valence-electron chi connectivity index (χ1n) is 8.43. The summed E-state index contributed by atoms with van der Waals surface area (Å²) in [6.45, 7) is 1.91. The van der Waals surface area contributed by atoms with Crippen molar-refractivity contribution in [3.63, 3.8) is 0 Å². The number of hydrogen-bond acceptors (Lipinski definition) is 5. The number of benzene rings is 2. The van der Waals surface area contributed by atoms with Crippen molar-refractivity contribution in [3.8, 4) is 17.1 Å². The van der Waals surface area contributed by atoms with Gasteiger partial charge in [-0.25, -0.2) is 4.99 Å². The molecule has 1 saturated heterocycles. The van der Waals surface area contributed by atoms with Crippen LogP contribution >= 0.6 is 23.4 Å². The normalized spacial score (nSPS) is 16.7. The van der Waals surface area contributed by atoms with E-state index >= 15 is 0 Å². The SMILES string of the molecule is Cc1ccc(O)c(N=C2NC(=O)/C(=C\c3ccc(-c4cccc(Cl)c4)o3)S2)c1. The van der Waals surface area contributed by atoms with Crippen LogP contribution in [0, 0.1) is 6.92 Å². The number of aryl methyl sites for hydroxylation is 1. The number of phenols is 1. The summed E-state index contributed by atoms with van der Waals surface area (Å²) in [6, 6.07) is 16.1. The van der Waals surface area contributed by atoms with Crippen LogP contribution in [0.4, 0.5) is 5.69 Å². The number of thioether (sulfide) groups is 1. The highest BCUT2D eigenvalue weighted by Crippen LogP contribution is 2.33. The zero-order valence-electron chi connectivity index (χ0n) is 14.8. The van der Waals surface area contributed by atoms with Gasteiger partial charge in [-0.2, -0.15) is 0 Å². The van der Waals surface area contributed by atoms with Crippen LogP contribution in [0.5, 0.6) is 5.75 Å². The van der Waals surface area contributed by atoms with E-state index in [9.17, 15) is 9.90 Å². The molecule has 1 aromatic heterocycles. The van der Waals surface area contributed by atoms with E-state index in [1.165, 1.54) is 11.8 Å². The fourth-order valence-electron chi connectivity index (χ4n) is 2.67. The third kappa shape index (κ3) is 3.98. The molecule has 0 spiro atoms.